The fraction of sp³-hybridized carbons (Fsp3) is 0.227. The van der Waals surface area contributed by atoms with Gasteiger partial charge < -0.3 is 5.73 Å². The van der Waals surface area contributed by atoms with Crippen LogP contribution in [0.5, 0.6) is 0 Å². The van der Waals surface area contributed by atoms with Gasteiger partial charge in [-0.05, 0) is 12.1 Å². The minimum absolute atomic E-state index is 0. The maximum absolute atomic E-state index is 12.1. The molecule has 2 amide bonds. The third-order valence-electron chi connectivity index (χ3n) is 4.91. The van der Waals surface area contributed by atoms with Gasteiger partial charge in [-0.25, -0.2) is 0 Å². The Morgan fingerprint density at radius 1 is 0.972 bits per heavy atom. The zero-order valence-electron chi connectivity index (χ0n) is 19.0. The molecular weight excluding hydrogens is 567 g/mol. The number of carbonyl (C=O) groups is 3. The molecule has 36 heavy (non-hydrogen) atoms. The van der Waals surface area contributed by atoms with Crippen molar-refractivity contribution < 1.29 is 19.1 Å². The number of aromatic nitrogens is 2. The van der Waals surface area contributed by atoms with E-state index in [1.54, 1.807) is 33.5 Å². The summed E-state index contributed by atoms with van der Waals surface area (Å²) in [6, 6.07) is 16.0. The van der Waals surface area contributed by atoms with Gasteiger partial charge in [-0.15, -0.1) is 28.7 Å². The molecule has 0 saturated carbocycles. The fourth-order valence-electron chi connectivity index (χ4n) is 3.06. The van der Waals surface area contributed by atoms with Gasteiger partial charge in [-0.1, -0.05) is 0 Å². The number of amides is 2. The molecule has 0 bridgehead atoms. The van der Waals surface area contributed by atoms with Crippen LogP contribution in [0.2, 0.25) is 0 Å². The van der Waals surface area contributed by atoms with Crippen molar-refractivity contribution in [3.8, 4) is 0 Å². The van der Waals surface area contributed by atoms with E-state index in [9.17, 15) is 14.4 Å². The zero-order valence-corrected chi connectivity index (χ0v) is 22.3. The molecule has 0 radical (unpaired) electrons. The second-order valence-corrected chi connectivity index (χ2v) is 9.58. The van der Waals surface area contributed by atoms with Crippen molar-refractivity contribution in [3.63, 3.8) is 0 Å². The van der Waals surface area contributed by atoms with E-state index in [0.717, 1.165) is 22.7 Å². The van der Waals surface area contributed by atoms with Gasteiger partial charge in [0.05, 0.1) is 11.1 Å². The second-order valence-electron chi connectivity index (χ2n) is 7.50. The van der Waals surface area contributed by atoms with E-state index in [1.165, 1.54) is 11.8 Å². The monoisotopic (exact) mass is 590 g/mol. The third kappa shape index (κ3) is 7.59. The van der Waals surface area contributed by atoms with Gasteiger partial charge in [0.2, 0.25) is 0 Å². The molecule has 2 aliphatic rings. The third-order valence-corrected chi connectivity index (χ3v) is 7.17. The molecule has 0 saturated heterocycles. The summed E-state index contributed by atoms with van der Waals surface area (Å²) >= 11 is 3.09. The van der Waals surface area contributed by atoms with Crippen molar-refractivity contribution in [3.05, 3.63) is 72.6 Å². The molecule has 2 atom stereocenters. The van der Waals surface area contributed by atoms with E-state index in [4.69, 9.17) is 10.5 Å². The van der Waals surface area contributed by atoms with E-state index in [-0.39, 0.29) is 35.4 Å². The first-order valence-corrected chi connectivity index (χ1v) is 12.7. The number of nitrogens with zero attached hydrogens (tertiary/aromatic N) is 3. The standard InChI is InChI=1S/C15H14BN3O3S.C7H9N3OS.BrH/c20-14-12(10-23-13-7-4-8-19(13)18-14)17-16-15(21)22-9-11-5-2-1-3-6-11;8-5-4-12-6-2-1-3-10(6)9-7(5)11;/h1-8,12H,9-10H2,(H,18,20);1-3,5H,4,8H2,(H,9,11);1H/t12-;5-;/m00./s1. The van der Waals surface area contributed by atoms with Gasteiger partial charge in [0.1, 0.15) is 0 Å². The Labute approximate surface area is 227 Å². The predicted octanol–water partition coefficient (Wildman–Crippen LogP) is 2.83. The molecule has 0 spiro atoms. The van der Waals surface area contributed by atoms with Crippen molar-refractivity contribution in [1.82, 2.24) is 9.35 Å². The van der Waals surface area contributed by atoms with E-state index < -0.39 is 18.0 Å². The quantitative estimate of drug-likeness (QED) is 0.398. The number of rotatable bonds is 4. The molecular formula is C22H24BBrN6O4S2. The van der Waals surface area contributed by atoms with Gasteiger partial charge in [-0.2, -0.15) is 0 Å². The van der Waals surface area contributed by atoms with Crippen LogP contribution in [0.3, 0.4) is 0 Å². The summed E-state index contributed by atoms with van der Waals surface area (Å²) in [7, 11) is 1.08. The van der Waals surface area contributed by atoms with Crippen molar-refractivity contribution in [1.29, 1.82) is 0 Å². The van der Waals surface area contributed by atoms with Gasteiger partial charge >= 0.3 is 138 Å². The second kappa shape index (κ2) is 13.5. The molecule has 4 N–H and O–H groups in total. The number of thioether (sulfide) groups is 2. The number of fused-ring (bicyclic) bond motifs is 2. The number of halogens is 1. The van der Waals surface area contributed by atoms with E-state index in [0.29, 0.717) is 11.5 Å². The topological polar surface area (TPSA) is 133 Å². The number of nitrogens with one attached hydrogen (secondary N) is 2. The molecule has 3 aromatic rings. The first-order valence-electron chi connectivity index (χ1n) is 10.7. The summed E-state index contributed by atoms with van der Waals surface area (Å²) in [5.41, 5.74) is 11.9. The molecule has 1 aromatic carbocycles. The molecule has 188 valence electrons. The summed E-state index contributed by atoms with van der Waals surface area (Å²) in [4.78, 5) is 39.0. The number of benzene rings is 1. The van der Waals surface area contributed by atoms with Crippen LogP contribution in [0, 0.1) is 0 Å². The van der Waals surface area contributed by atoms with Crippen LogP contribution in [0.1, 0.15) is 5.56 Å². The Morgan fingerprint density at radius 3 is 2.25 bits per heavy atom. The Morgan fingerprint density at radius 2 is 1.58 bits per heavy atom. The molecule has 4 heterocycles. The number of carbonyl (C=O) groups excluding carboxylic acids is 3. The summed E-state index contributed by atoms with van der Waals surface area (Å²) in [6.45, 7) is 0.183. The Hall–Kier alpha value is -2.81. The predicted molar refractivity (Wildman–Crippen MR) is 146 cm³/mol. The van der Waals surface area contributed by atoms with Crippen LogP contribution in [0.25, 0.3) is 0 Å². The minimum atomic E-state index is -0.621. The Bertz CT molecular complexity index is 1220. The van der Waals surface area contributed by atoms with Crippen molar-refractivity contribution in [2.24, 2.45) is 10.6 Å². The molecule has 0 fully saturated rings. The van der Waals surface area contributed by atoms with Crippen LogP contribution in [0.4, 0.5) is 4.79 Å². The molecule has 0 unspecified atom stereocenters. The molecule has 2 aliphatic heterocycles. The van der Waals surface area contributed by atoms with Gasteiger partial charge in [-0.3, -0.25) is 14.9 Å². The fourth-order valence-corrected chi connectivity index (χ4v) is 4.97. The van der Waals surface area contributed by atoms with E-state index >= 15 is 0 Å². The first-order chi connectivity index (χ1) is 17.0. The van der Waals surface area contributed by atoms with Crippen LogP contribution in [-0.2, 0) is 20.9 Å². The average Bonchev–Trinajstić information content (AvgIpc) is 3.44. The zero-order chi connectivity index (χ0) is 24.6. The molecule has 10 nitrogen and oxygen atoms in total. The maximum atomic E-state index is 12.1. The Balaban J connectivity index is 0.000000234. The summed E-state index contributed by atoms with van der Waals surface area (Å²) in [6.07, 6.45) is 3.57. The van der Waals surface area contributed by atoms with Crippen LogP contribution in [0.15, 0.2) is 81.9 Å². The molecule has 14 heteroatoms. The van der Waals surface area contributed by atoms with Crippen molar-refractivity contribution >= 4 is 65.3 Å². The van der Waals surface area contributed by atoms with Crippen LogP contribution < -0.4 is 16.6 Å². The van der Waals surface area contributed by atoms with E-state index in [1.807, 2.05) is 54.6 Å². The average molecular weight is 591 g/mol. The van der Waals surface area contributed by atoms with Gasteiger partial charge in [0.25, 0.3) is 5.91 Å². The SMILES string of the molecule is Br.N[C@H]1CSc2cccn2NC1=O.O=C(B=N[C@H]1CSc2cccn2NC1=O)OCc1ccccc1. The van der Waals surface area contributed by atoms with Crippen molar-refractivity contribution in [2.75, 3.05) is 22.4 Å². The number of hydrogen-bond donors (Lipinski definition) is 3. The summed E-state index contributed by atoms with van der Waals surface area (Å²) < 4.78 is 8.44. The summed E-state index contributed by atoms with van der Waals surface area (Å²) in [5, 5.41) is 1.96. The van der Waals surface area contributed by atoms with Crippen molar-refractivity contribution in [2.45, 2.75) is 28.7 Å². The first kappa shape index (κ1) is 27.8. The van der Waals surface area contributed by atoms with Crippen LogP contribution in [-0.4, -0.2) is 57.7 Å². The molecule has 0 aliphatic carbocycles. The number of hydrogen-bond acceptors (Lipinski definition) is 8. The normalized spacial score (nSPS) is 18.5. The van der Waals surface area contributed by atoms with Gasteiger partial charge in [0, 0.05) is 11.9 Å². The van der Waals surface area contributed by atoms with E-state index in [2.05, 4.69) is 15.7 Å². The molecule has 2 aromatic heterocycles. The number of nitrogens with two attached hydrogens (primary N) is 1. The van der Waals surface area contributed by atoms with Gasteiger partial charge in [0.15, 0.2) is 0 Å². The van der Waals surface area contributed by atoms with Crippen LogP contribution >= 0.6 is 40.5 Å². The summed E-state index contributed by atoms with van der Waals surface area (Å²) in [5.74, 6) is 0.168. The number of ether oxygens (including phenoxy) is 1. The molecule has 5 rings (SSSR count). The Kier molecular flexibility index (Phi) is 10.4.